The topological polar surface area (TPSA) is 26.7 Å². The molecule has 118 valence electrons. The highest BCUT2D eigenvalue weighted by atomic mass is 16.3. The summed E-state index contributed by atoms with van der Waals surface area (Å²) < 4.78 is 0. The molecule has 2 rings (SSSR count). The Kier molecular flexibility index (Phi) is 5.42. The summed E-state index contributed by atoms with van der Waals surface area (Å²) in [4.78, 5) is 4.85. The van der Waals surface area contributed by atoms with Crippen molar-refractivity contribution < 1.29 is 5.11 Å². The fourth-order valence-electron chi connectivity index (χ4n) is 3.21. The molecule has 0 aliphatic carbocycles. The van der Waals surface area contributed by atoms with Gasteiger partial charge in [-0.15, -0.1) is 0 Å². The molecule has 1 saturated heterocycles. The van der Waals surface area contributed by atoms with Crippen LogP contribution in [0, 0.1) is 0 Å². The van der Waals surface area contributed by atoms with Crippen LogP contribution in [0.25, 0.3) is 0 Å². The van der Waals surface area contributed by atoms with Gasteiger partial charge in [-0.1, -0.05) is 31.2 Å². The lowest BCUT2D eigenvalue weighted by Gasteiger charge is -2.45. The second-order valence-electron chi connectivity index (χ2n) is 6.60. The van der Waals surface area contributed by atoms with Crippen molar-refractivity contribution in [3.05, 3.63) is 35.4 Å². The van der Waals surface area contributed by atoms with E-state index < -0.39 is 6.10 Å². The second kappa shape index (κ2) is 6.91. The zero-order valence-corrected chi connectivity index (χ0v) is 14.1. The monoisotopic (exact) mass is 290 g/mol. The third kappa shape index (κ3) is 3.65. The van der Waals surface area contributed by atoms with E-state index in [0.29, 0.717) is 12.1 Å². The molecule has 0 aromatic heterocycles. The van der Waals surface area contributed by atoms with E-state index in [-0.39, 0.29) is 6.04 Å². The summed E-state index contributed by atoms with van der Waals surface area (Å²) in [6.07, 6.45) is 0.623. The van der Waals surface area contributed by atoms with Gasteiger partial charge < -0.3 is 5.11 Å². The Morgan fingerprint density at radius 2 is 1.67 bits per heavy atom. The number of likely N-dealkylation sites (N-methyl/N-ethyl adjacent to an activating group) is 1. The largest absolute Gasteiger partial charge is 0.387 e. The zero-order valence-electron chi connectivity index (χ0n) is 14.1. The first-order chi connectivity index (χ1) is 9.93. The quantitative estimate of drug-likeness (QED) is 0.923. The van der Waals surface area contributed by atoms with Crippen molar-refractivity contribution in [3.8, 4) is 0 Å². The Morgan fingerprint density at radius 1 is 1.14 bits per heavy atom. The molecule has 1 fully saturated rings. The van der Waals surface area contributed by atoms with E-state index in [1.807, 2.05) is 0 Å². The van der Waals surface area contributed by atoms with E-state index in [1.54, 1.807) is 0 Å². The van der Waals surface area contributed by atoms with Crippen molar-refractivity contribution in [2.75, 3.05) is 20.1 Å². The highest BCUT2D eigenvalue weighted by Gasteiger charge is 2.32. The van der Waals surface area contributed by atoms with E-state index in [0.717, 1.165) is 25.1 Å². The van der Waals surface area contributed by atoms with Gasteiger partial charge in [0.2, 0.25) is 0 Å². The average Bonchev–Trinajstić information content (AvgIpc) is 2.50. The minimum Gasteiger partial charge on any atom is -0.387 e. The van der Waals surface area contributed by atoms with E-state index in [9.17, 15) is 5.11 Å². The molecule has 0 amide bonds. The number of aryl methyl sites for hydroxylation is 1. The molecule has 1 aliphatic rings. The summed E-state index contributed by atoms with van der Waals surface area (Å²) in [5.41, 5.74) is 2.35. The molecule has 4 unspecified atom stereocenters. The highest BCUT2D eigenvalue weighted by molar-refractivity contribution is 5.25. The Bertz CT molecular complexity index is 433. The average molecular weight is 290 g/mol. The summed E-state index contributed by atoms with van der Waals surface area (Å²) in [5.74, 6) is 0. The number of rotatable bonds is 4. The van der Waals surface area contributed by atoms with Crippen LogP contribution in [-0.2, 0) is 6.42 Å². The first-order valence-corrected chi connectivity index (χ1v) is 8.17. The summed E-state index contributed by atoms with van der Waals surface area (Å²) in [5, 5.41) is 10.7. The number of hydrogen-bond acceptors (Lipinski definition) is 3. The first kappa shape index (κ1) is 16.5. The van der Waals surface area contributed by atoms with Crippen LogP contribution in [0.3, 0.4) is 0 Å². The number of nitrogens with zero attached hydrogens (tertiary/aromatic N) is 2. The number of aliphatic hydroxyl groups is 1. The third-order valence-electron chi connectivity index (χ3n) is 5.15. The van der Waals surface area contributed by atoms with Gasteiger partial charge in [0.05, 0.1) is 6.10 Å². The molecule has 1 aromatic carbocycles. The van der Waals surface area contributed by atoms with Gasteiger partial charge in [-0.2, -0.15) is 0 Å². The van der Waals surface area contributed by atoms with Crippen LogP contribution in [0.4, 0.5) is 0 Å². The van der Waals surface area contributed by atoms with Gasteiger partial charge in [0.15, 0.2) is 0 Å². The molecular weight excluding hydrogens is 260 g/mol. The maximum atomic E-state index is 10.7. The van der Waals surface area contributed by atoms with E-state index in [2.05, 4.69) is 68.8 Å². The zero-order chi connectivity index (χ0) is 15.6. The molecular formula is C18H30N2O. The molecule has 3 nitrogen and oxygen atoms in total. The summed E-state index contributed by atoms with van der Waals surface area (Å²) in [6, 6.07) is 9.61. The van der Waals surface area contributed by atoms with Crippen molar-refractivity contribution in [3.63, 3.8) is 0 Å². The molecule has 1 aliphatic heterocycles. The Labute approximate surface area is 129 Å². The van der Waals surface area contributed by atoms with Crippen LogP contribution in [0.2, 0.25) is 0 Å². The van der Waals surface area contributed by atoms with Crippen molar-refractivity contribution >= 4 is 0 Å². The Morgan fingerprint density at radius 3 is 2.14 bits per heavy atom. The first-order valence-electron chi connectivity index (χ1n) is 8.17. The summed E-state index contributed by atoms with van der Waals surface area (Å²) in [6.45, 7) is 10.9. The molecule has 0 bridgehead atoms. The van der Waals surface area contributed by atoms with Crippen molar-refractivity contribution in [1.82, 2.24) is 9.80 Å². The van der Waals surface area contributed by atoms with E-state index in [4.69, 9.17) is 0 Å². The van der Waals surface area contributed by atoms with Gasteiger partial charge in [-0.3, -0.25) is 9.80 Å². The van der Waals surface area contributed by atoms with Crippen LogP contribution in [-0.4, -0.2) is 53.2 Å². The fraction of sp³-hybridized carbons (Fsp3) is 0.667. The third-order valence-corrected chi connectivity index (χ3v) is 5.15. The van der Waals surface area contributed by atoms with Gasteiger partial charge >= 0.3 is 0 Å². The van der Waals surface area contributed by atoms with Crippen molar-refractivity contribution in [2.45, 2.75) is 58.3 Å². The second-order valence-corrected chi connectivity index (χ2v) is 6.60. The molecule has 0 spiro atoms. The fourth-order valence-corrected chi connectivity index (χ4v) is 3.21. The minimum absolute atomic E-state index is 0.149. The molecule has 4 atom stereocenters. The predicted octanol–water partition coefficient (Wildman–Crippen LogP) is 2.70. The highest BCUT2D eigenvalue weighted by Crippen LogP contribution is 2.25. The lowest BCUT2D eigenvalue weighted by molar-refractivity contribution is -0.00808. The normalized spacial score (nSPS) is 27.5. The number of benzene rings is 1. The van der Waals surface area contributed by atoms with Crippen LogP contribution < -0.4 is 0 Å². The predicted molar refractivity (Wildman–Crippen MR) is 88.5 cm³/mol. The van der Waals surface area contributed by atoms with Crippen LogP contribution in [0.15, 0.2) is 24.3 Å². The number of hydrogen-bond donors (Lipinski definition) is 1. The number of aliphatic hydroxyl groups excluding tert-OH is 1. The molecule has 0 saturated carbocycles. The maximum absolute atomic E-state index is 10.7. The summed E-state index contributed by atoms with van der Waals surface area (Å²) in [7, 11) is 2.19. The maximum Gasteiger partial charge on any atom is 0.0942 e. The van der Waals surface area contributed by atoms with Crippen molar-refractivity contribution in [2.24, 2.45) is 0 Å². The van der Waals surface area contributed by atoms with Gasteiger partial charge in [0.1, 0.15) is 0 Å². The molecule has 1 N–H and O–H groups in total. The van der Waals surface area contributed by atoms with Gasteiger partial charge in [0, 0.05) is 31.2 Å². The Balaban J connectivity index is 2.05. The van der Waals surface area contributed by atoms with Gasteiger partial charge in [0.25, 0.3) is 0 Å². The lowest BCUT2D eigenvalue weighted by atomic mass is 9.98. The standard InChI is InChI=1S/C18H30N2O/c1-6-16-7-9-17(10-8-16)18(21)15(4)20-11-13(2)19(5)14(3)12-20/h7-10,13-15,18,21H,6,11-12H2,1-5H3. The molecule has 21 heavy (non-hydrogen) atoms. The minimum atomic E-state index is -0.418. The van der Waals surface area contributed by atoms with Crippen LogP contribution >= 0.6 is 0 Å². The van der Waals surface area contributed by atoms with E-state index >= 15 is 0 Å². The van der Waals surface area contributed by atoms with Crippen molar-refractivity contribution in [1.29, 1.82) is 0 Å². The molecule has 1 heterocycles. The Hall–Kier alpha value is -0.900. The van der Waals surface area contributed by atoms with Crippen LogP contribution in [0.1, 0.15) is 44.9 Å². The lowest BCUT2D eigenvalue weighted by Crippen LogP contribution is -2.57. The van der Waals surface area contributed by atoms with Gasteiger partial charge in [-0.05, 0) is 45.4 Å². The number of piperazine rings is 1. The van der Waals surface area contributed by atoms with E-state index in [1.165, 1.54) is 5.56 Å². The molecule has 0 radical (unpaired) electrons. The molecule has 3 heteroatoms. The van der Waals surface area contributed by atoms with Gasteiger partial charge in [-0.25, -0.2) is 0 Å². The smallest absolute Gasteiger partial charge is 0.0942 e. The summed E-state index contributed by atoms with van der Waals surface area (Å²) >= 11 is 0. The SMILES string of the molecule is CCc1ccc(C(O)C(C)N2CC(C)N(C)C(C)C2)cc1. The van der Waals surface area contributed by atoms with Crippen LogP contribution in [0.5, 0.6) is 0 Å². The molecule has 1 aromatic rings.